The van der Waals surface area contributed by atoms with Gasteiger partial charge in [-0.15, -0.1) is 0 Å². The van der Waals surface area contributed by atoms with Crippen LogP contribution in [0, 0.1) is 19.8 Å². The number of hydrazine groups is 1. The highest BCUT2D eigenvalue weighted by Crippen LogP contribution is 2.24. The summed E-state index contributed by atoms with van der Waals surface area (Å²) in [7, 11) is 0. The van der Waals surface area contributed by atoms with Gasteiger partial charge in [-0.1, -0.05) is 41.9 Å². The minimum atomic E-state index is -0.460. The topological polar surface area (TPSA) is 88.7 Å². The fourth-order valence-electron chi connectivity index (χ4n) is 2.45. The maximum absolute atomic E-state index is 12.6. The van der Waals surface area contributed by atoms with Gasteiger partial charge in [0.2, 0.25) is 0 Å². The summed E-state index contributed by atoms with van der Waals surface area (Å²) in [5.74, 6) is 0.487. The van der Waals surface area contributed by atoms with Crippen LogP contribution in [0.25, 0.3) is 0 Å². The summed E-state index contributed by atoms with van der Waals surface area (Å²) >= 11 is 8.45. The van der Waals surface area contributed by atoms with Gasteiger partial charge < -0.3 is 9.47 Å². The summed E-state index contributed by atoms with van der Waals surface area (Å²) in [4.78, 5) is 24.6. The molecule has 0 unspecified atom stereocenters. The molecule has 0 atom stereocenters. The monoisotopic (exact) mass is 507 g/mol. The summed E-state index contributed by atoms with van der Waals surface area (Å²) in [5, 5.41) is 2.47. The van der Waals surface area contributed by atoms with Crippen LogP contribution in [0.1, 0.15) is 35.3 Å². The van der Waals surface area contributed by atoms with Crippen molar-refractivity contribution in [1.29, 1.82) is 0 Å². The predicted molar refractivity (Wildman–Crippen MR) is 127 cm³/mol. The third-order valence-electron chi connectivity index (χ3n) is 4.21. The minimum Gasteiger partial charge on any atom is -0.492 e. The van der Waals surface area contributed by atoms with Crippen LogP contribution in [0.2, 0.25) is 0 Å². The number of hydrogen-bond donors (Lipinski definition) is 3. The van der Waals surface area contributed by atoms with E-state index in [1.165, 1.54) is 0 Å². The van der Waals surface area contributed by atoms with E-state index >= 15 is 0 Å². The smallest absolute Gasteiger partial charge is 0.276 e. The fourth-order valence-corrected chi connectivity index (χ4v) is 2.95. The van der Waals surface area contributed by atoms with Crippen LogP contribution in [0.4, 0.5) is 0 Å². The fraction of sp³-hybridized carbons (Fsp3) is 0.318. The Bertz CT molecular complexity index is 966. The standard InChI is InChI=1S/C22H26BrN3O4S/c1-13(2)11-29-19-9-8-16(23)10-17(19)21(28)24-22(31)26-25-20(27)12-30-18-7-5-6-14(3)15(18)4/h5-10,13H,11-12H2,1-4H3,(H,25,27)(H2,24,26,28,31). The zero-order chi connectivity index (χ0) is 23.0. The number of benzene rings is 2. The van der Waals surface area contributed by atoms with Gasteiger partial charge in [0.05, 0.1) is 12.2 Å². The number of amides is 2. The molecule has 0 heterocycles. The van der Waals surface area contributed by atoms with Gasteiger partial charge in [0, 0.05) is 4.47 Å². The number of carbonyl (C=O) groups excluding carboxylic acids is 2. The Kier molecular flexibility index (Phi) is 9.26. The van der Waals surface area contributed by atoms with Gasteiger partial charge in [-0.25, -0.2) is 0 Å². The molecule has 0 fully saturated rings. The lowest BCUT2D eigenvalue weighted by Crippen LogP contribution is -2.49. The van der Waals surface area contributed by atoms with Crippen molar-refractivity contribution in [1.82, 2.24) is 16.2 Å². The first-order chi connectivity index (χ1) is 14.7. The average Bonchev–Trinajstić information content (AvgIpc) is 2.72. The Morgan fingerprint density at radius 2 is 1.81 bits per heavy atom. The molecule has 0 aromatic heterocycles. The van der Waals surface area contributed by atoms with E-state index in [-0.39, 0.29) is 11.7 Å². The first-order valence-corrected chi connectivity index (χ1v) is 10.9. The Hall–Kier alpha value is -2.65. The van der Waals surface area contributed by atoms with Crippen molar-refractivity contribution in [2.24, 2.45) is 5.92 Å². The maximum Gasteiger partial charge on any atom is 0.276 e. The SMILES string of the molecule is Cc1cccc(OCC(=O)NNC(=S)NC(=O)c2cc(Br)ccc2OCC(C)C)c1C. The highest BCUT2D eigenvalue weighted by Gasteiger charge is 2.16. The van der Waals surface area contributed by atoms with E-state index in [9.17, 15) is 9.59 Å². The number of thiocarbonyl (C=S) groups is 1. The molecule has 0 spiro atoms. The highest BCUT2D eigenvalue weighted by molar-refractivity contribution is 9.10. The molecule has 2 amide bonds. The third kappa shape index (κ3) is 7.84. The molecule has 0 aliphatic rings. The van der Waals surface area contributed by atoms with E-state index in [1.54, 1.807) is 24.3 Å². The molecule has 0 saturated carbocycles. The number of nitrogens with one attached hydrogen (secondary N) is 3. The lowest BCUT2D eigenvalue weighted by atomic mass is 10.1. The van der Waals surface area contributed by atoms with Gasteiger partial charge in [0.15, 0.2) is 11.7 Å². The van der Waals surface area contributed by atoms with Crippen LogP contribution < -0.4 is 25.6 Å². The number of rotatable bonds is 7. The normalized spacial score (nSPS) is 10.4. The molecule has 7 nitrogen and oxygen atoms in total. The Labute approximate surface area is 196 Å². The van der Waals surface area contributed by atoms with Gasteiger partial charge in [-0.3, -0.25) is 25.8 Å². The summed E-state index contributed by atoms with van der Waals surface area (Å²) < 4.78 is 12.0. The quantitative estimate of drug-likeness (QED) is 0.390. The molecule has 0 radical (unpaired) electrons. The molecule has 3 N–H and O–H groups in total. The van der Waals surface area contributed by atoms with Gasteiger partial charge in [0.25, 0.3) is 11.8 Å². The summed E-state index contributed by atoms with van der Waals surface area (Å²) in [5.41, 5.74) is 7.26. The highest BCUT2D eigenvalue weighted by atomic mass is 79.9. The molecule has 0 saturated heterocycles. The van der Waals surface area contributed by atoms with E-state index < -0.39 is 11.8 Å². The van der Waals surface area contributed by atoms with Gasteiger partial charge in [-0.2, -0.15) is 0 Å². The van der Waals surface area contributed by atoms with Gasteiger partial charge in [-0.05, 0) is 67.4 Å². The lowest BCUT2D eigenvalue weighted by Gasteiger charge is -2.15. The lowest BCUT2D eigenvalue weighted by molar-refractivity contribution is -0.123. The zero-order valence-corrected chi connectivity index (χ0v) is 20.3. The Balaban J connectivity index is 1.87. The van der Waals surface area contributed by atoms with Crippen molar-refractivity contribution in [2.45, 2.75) is 27.7 Å². The Morgan fingerprint density at radius 3 is 2.52 bits per heavy atom. The van der Waals surface area contributed by atoms with Crippen molar-refractivity contribution in [3.8, 4) is 11.5 Å². The largest absolute Gasteiger partial charge is 0.492 e. The van der Waals surface area contributed by atoms with E-state index in [1.807, 2.05) is 39.8 Å². The zero-order valence-electron chi connectivity index (χ0n) is 17.9. The second-order valence-corrected chi connectivity index (χ2v) is 8.61. The molecule has 2 rings (SSSR count). The summed E-state index contributed by atoms with van der Waals surface area (Å²) in [6, 6.07) is 10.8. The van der Waals surface area contributed by atoms with Crippen molar-refractivity contribution < 1.29 is 19.1 Å². The van der Waals surface area contributed by atoms with Crippen LogP contribution in [-0.2, 0) is 4.79 Å². The van der Waals surface area contributed by atoms with Crippen molar-refractivity contribution in [2.75, 3.05) is 13.2 Å². The number of carbonyl (C=O) groups is 2. The van der Waals surface area contributed by atoms with Crippen molar-refractivity contribution >= 4 is 45.1 Å². The maximum atomic E-state index is 12.6. The molecule has 166 valence electrons. The average molecular weight is 508 g/mol. The third-order valence-corrected chi connectivity index (χ3v) is 4.91. The van der Waals surface area contributed by atoms with Crippen molar-refractivity contribution in [3.63, 3.8) is 0 Å². The van der Waals surface area contributed by atoms with Crippen LogP contribution in [0.5, 0.6) is 11.5 Å². The number of hydrogen-bond acceptors (Lipinski definition) is 5. The van der Waals surface area contributed by atoms with Gasteiger partial charge in [0.1, 0.15) is 11.5 Å². The number of aryl methyl sites for hydroxylation is 1. The second-order valence-electron chi connectivity index (χ2n) is 7.29. The van der Waals surface area contributed by atoms with Crippen LogP contribution >= 0.6 is 28.1 Å². The molecule has 2 aromatic rings. The molecule has 9 heteroatoms. The Morgan fingerprint density at radius 1 is 1.06 bits per heavy atom. The number of halogens is 1. The molecular weight excluding hydrogens is 482 g/mol. The van der Waals surface area contributed by atoms with Crippen LogP contribution in [0.15, 0.2) is 40.9 Å². The molecular formula is C22H26BrN3O4S. The van der Waals surface area contributed by atoms with Crippen molar-refractivity contribution in [3.05, 3.63) is 57.6 Å². The van der Waals surface area contributed by atoms with Gasteiger partial charge >= 0.3 is 0 Å². The molecule has 0 aliphatic carbocycles. The van der Waals surface area contributed by atoms with E-state index in [2.05, 4.69) is 32.1 Å². The van der Waals surface area contributed by atoms with Crippen LogP contribution in [0.3, 0.4) is 0 Å². The molecule has 0 bridgehead atoms. The predicted octanol–water partition coefficient (Wildman–Crippen LogP) is 3.82. The van der Waals surface area contributed by atoms with E-state index in [0.29, 0.717) is 29.6 Å². The number of ether oxygens (including phenoxy) is 2. The summed E-state index contributed by atoms with van der Waals surface area (Å²) in [6.45, 7) is 8.20. The van der Waals surface area contributed by atoms with Crippen LogP contribution in [-0.4, -0.2) is 30.1 Å². The van der Waals surface area contributed by atoms with E-state index in [0.717, 1.165) is 15.6 Å². The molecule has 0 aliphatic heterocycles. The minimum absolute atomic E-state index is 0.0557. The van der Waals surface area contributed by atoms with E-state index in [4.69, 9.17) is 21.7 Å². The molecule has 2 aromatic carbocycles. The summed E-state index contributed by atoms with van der Waals surface area (Å²) in [6.07, 6.45) is 0. The molecule has 31 heavy (non-hydrogen) atoms. The second kappa shape index (κ2) is 11.7. The first kappa shape index (κ1) is 24.6. The first-order valence-electron chi connectivity index (χ1n) is 9.69.